The van der Waals surface area contributed by atoms with Crippen LogP contribution in [0.3, 0.4) is 0 Å². The van der Waals surface area contributed by atoms with Gasteiger partial charge in [-0.2, -0.15) is 0 Å². The van der Waals surface area contributed by atoms with E-state index in [-0.39, 0.29) is 23.6 Å². The summed E-state index contributed by atoms with van der Waals surface area (Å²) in [6.07, 6.45) is 0. The lowest BCUT2D eigenvalue weighted by molar-refractivity contribution is -0.114. The minimum atomic E-state index is -0.213. The Morgan fingerprint density at radius 3 is 2.22 bits per heavy atom. The van der Waals surface area contributed by atoms with E-state index in [1.165, 1.54) is 0 Å². The molecule has 2 atom stereocenters. The fourth-order valence-corrected chi connectivity index (χ4v) is 0.866. The largest absolute Gasteiger partial charge is 0.348 e. The summed E-state index contributed by atoms with van der Waals surface area (Å²) < 4.78 is 0. The Morgan fingerprint density at radius 2 is 2.11 bits per heavy atom. The maximum absolute atomic E-state index is 10.7. The van der Waals surface area contributed by atoms with Gasteiger partial charge in [-0.25, -0.2) is 0 Å². The average Bonchev–Trinajstić information content (AvgIpc) is 1.98. The van der Waals surface area contributed by atoms with E-state index in [4.69, 9.17) is 5.41 Å². The smallest absolute Gasteiger partial charge is 0.265 e. The molecular formula is C6H10N2O. The highest BCUT2D eigenvalue weighted by atomic mass is 16.2. The van der Waals surface area contributed by atoms with E-state index in [1.54, 1.807) is 0 Å². The Kier molecular flexibility index (Phi) is 1.27. The van der Waals surface area contributed by atoms with E-state index in [2.05, 4.69) is 5.32 Å². The third-order valence-electron chi connectivity index (χ3n) is 1.81. The highest BCUT2D eigenvalue weighted by molar-refractivity contribution is 6.40. The Labute approximate surface area is 54.0 Å². The van der Waals surface area contributed by atoms with Gasteiger partial charge in [0.15, 0.2) is 0 Å². The monoisotopic (exact) mass is 126 g/mol. The fourth-order valence-electron chi connectivity index (χ4n) is 0.866. The van der Waals surface area contributed by atoms with Crippen molar-refractivity contribution in [2.24, 2.45) is 5.92 Å². The molecule has 0 saturated carbocycles. The summed E-state index contributed by atoms with van der Waals surface area (Å²) in [6, 6.07) is 0.144. The highest BCUT2D eigenvalue weighted by Crippen LogP contribution is 2.10. The van der Waals surface area contributed by atoms with Crippen molar-refractivity contribution in [3.63, 3.8) is 0 Å². The summed E-state index contributed by atoms with van der Waals surface area (Å²) in [5.74, 6) is -0.132. The van der Waals surface area contributed by atoms with Crippen molar-refractivity contribution in [2.45, 2.75) is 19.9 Å². The fraction of sp³-hybridized carbons (Fsp3) is 0.667. The zero-order valence-electron chi connectivity index (χ0n) is 5.56. The van der Waals surface area contributed by atoms with Crippen molar-refractivity contribution in [3.8, 4) is 0 Å². The maximum atomic E-state index is 10.7. The normalized spacial score (nSPS) is 34.9. The Hall–Kier alpha value is -0.860. The van der Waals surface area contributed by atoms with Crippen LogP contribution in [0.2, 0.25) is 0 Å². The molecule has 2 unspecified atom stereocenters. The van der Waals surface area contributed by atoms with Crippen LogP contribution in [0.15, 0.2) is 0 Å². The van der Waals surface area contributed by atoms with Gasteiger partial charge < -0.3 is 5.32 Å². The van der Waals surface area contributed by atoms with Crippen molar-refractivity contribution in [1.29, 1.82) is 5.41 Å². The van der Waals surface area contributed by atoms with E-state index >= 15 is 0 Å². The van der Waals surface area contributed by atoms with Crippen molar-refractivity contribution < 1.29 is 4.79 Å². The molecule has 0 aromatic rings. The minimum Gasteiger partial charge on any atom is -0.348 e. The predicted molar refractivity (Wildman–Crippen MR) is 34.5 cm³/mol. The molecule has 1 aliphatic heterocycles. The molecule has 0 spiro atoms. The molecule has 1 rings (SSSR count). The predicted octanol–water partition coefficient (Wildman–Crippen LogP) is 0.161. The summed E-state index contributed by atoms with van der Waals surface area (Å²) in [4.78, 5) is 10.7. The van der Waals surface area contributed by atoms with Crippen LogP contribution in [0.1, 0.15) is 13.8 Å². The summed E-state index contributed by atoms with van der Waals surface area (Å²) in [5, 5.41) is 9.83. The number of carbonyl (C=O) groups excluding carboxylic acids is 1. The van der Waals surface area contributed by atoms with Crippen LogP contribution in [0, 0.1) is 11.3 Å². The van der Waals surface area contributed by atoms with Gasteiger partial charge in [-0.15, -0.1) is 0 Å². The van der Waals surface area contributed by atoms with Gasteiger partial charge in [0.25, 0.3) is 5.91 Å². The number of rotatable bonds is 0. The second-order valence-electron chi connectivity index (χ2n) is 2.46. The summed E-state index contributed by atoms with van der Waals surface area (Å²) in [6.45, 7) is 3.79. The molecule has 0 aromatic carbocycles. The number of hydrogen-bond acceptors (Lipinski definition) is 2. The lowest BCUT2D eigenvalue weighted by atomic mass is 10.0. The molecule has 0 aliphatic carbocycles. The van der Waals surface area contributed by atoms with Crippen LogP contribution in [-0.2, 0) is 4.79 Å². The second-order valence-corrected chi connectivity index (χ2v) is 2.46. The molecule has 1 saturated heterocycles. The Balaban J connectivity index is 2.77. The van der Waals surface area contributed by atoms with E-state index in [1.807, 2.05) is 13.8 Å². The van der Waals surface area contributed by atoms with Crippen LogP contribution >= 0.6 is 0 Å². The summed E-state index contributed by atoms with van der Waals surface area (Å²) >= 11 is 0. The number of nitrogens with one attached hydrogen (secondary N) is 2. The van der Waals surface area contributed by atoms with Crippen molar-refractivity contribution in [1.82, 2.24) is 5.32 Å². The van der Waals surface area contributed by atoms with Crippen LogP contribution in [0.5, 0.6) is 0 Å². The third kappa shape index (κ3) is 0.823. The number of amides is 1. The Bertz CT molecular complexity index is 164. The van der Waals surface area contributed by atoms with E-state index < -0.39 is 0 Å². The van der Waals surface area contributed by atoms with E-state index in [0.29, 0.717) is 0 Å². The first-order valence-corrected chi connectivity index (χ1v) is 3.02. The summed E-state index contributed by atoms with van der Waals surface area (Å²) in [7, 11) is 0. The lowest BCUT2D eigenvalue weighted by Gasteiger charge is -2.04. The highest BCUT2D eigenvalue weighted by Gasteiger charge is 2.30. The van der Waals surface area contributed by atoms with E-state index in [0.717, 1.165) is 0 Å². The van der Waals surface area contributed by atoms with Gasteiger partial charge in [0.05, 0.1) is 0 Å². The molecule has 1 fully saturated rings. The third-order valence-corrected chi connectivity index (χ3v) is 1.81. The zero-order chi connectivity index (χ0) is 7.02. The molecule has 0 bridgehead atoms. The van der Waals surface area contributed by atoms with Crippen molar-refractivity contribution in [3.05, 3.63) is 0 Å². The molecule has 3 heteroatoms. The van der Waals surface area contributed by atoms with Gasteiger partial charge in [-0.1, -0.05) is 6.92 Å². The molecule has 2 N–H and O–H groups in total. The van der Waals surface area contributed by atoms with Crippen molar-refractivity contribution >= 4 is 11.6 Å². The second kappa shape index (κ2) is 1.83. The molecule has 3 nitrogen and oxygen atoms in total. The van der Waals surface area contributed by atoms with Crippen LogP contribution in [-0.4, -0.2) is 17.7 Å². The van der Waals surface area contributed by atoms with Crippen LogP contribution in [0.25, 0.3) is 0 Å². The first-order chi connectivity index (χ1) is 4.13. The topological polar surface area (TPSA) is 53.0 Å². The Morgan fingerprint density at radius 1 is 1.56 bits per heavy atom. The van der Waals surface area contributed by atoms with Gasteiger partial charge in [-0.3, -0.25) is 10.2 Å². The molecule has 50 valence electrons. The molecular weight excluding hydrogens is 116 g/mol. The van der Waals surface area contributed by atoms with Gasteiger partial charge in [0.1, 0.15) is 5.71 Å². The van der Waals surface area contributed by atoms with Crippen LogP contribution < -0.4 is 5.32 Å². The standard InChI is InChI=1S/C6H10N2O/c1-3-4(2)8-6(9)5(3)7/h3-4,7H,1-2H3,(H,8,9). The lowest BCUT2D eigenvalue weighted by Crippen LogP contribution is -2.24. The van der Waals surface area contributed by atoms with E-state index in [9.17, 15) is 4.79 Å². The maximum Gasteiger partial charge on any atom is 0.265 e. The number of hydrogen-bond donors (Lipinski definition) is 2. The van der Waals surface area contributed by atoms with Gasteiger partial charge in [0.2, 0.25) is 0 Å². The van der Waals surface area contributed by atoms with Crippen LogP contribution in [0.4, 0.5) is 0 Å². The molecule has 1 amide bonds. The number of carbonyl (C=O) groups is 1. The minimum absolute atomic E-state index is 0.0810. The molecule has 9 heavy (non-hydrogen) atoms. The quantitative estimate of drug-likeness (QED) is 0.477. The molecule has 1 heterocycles. The molecule has 1 aliphatic rings. The van der Waals surface area contributed by atoms with Gasteiger partial charge in [0, 0.05) is 12.0 Å². The first kappa shape index (κ1) is 6.26. The average molecular weight is 126 g/mol. The first-order valence-electron chi connectivity index (χ1n) is 3.02. The zero-order valence-corrected chi connectivity index (χ0v) is 5.56. The molecule has 0 radical (unpaired) electrons. The van der Waals surface area contributed by atoms with Gasteiger partial charge >= 0.3 is 0 Å². The van der Waals surface area contributed by atoms with Crippen molar-refractivity contribution in [2.75, 3.05) is 0 Å². The molecule has 0 aromatic heterocycles. The SMILES string of the molecule is CC1NC(=O)C(=N)C1C. The summed E-state index contributed by atoms with van der Waals surface area (Å²) in [5.41, 5.74) is 0.211. The van der Waals surface area contributed by atoms with Gasteiger partial charge in [-0.05, 0) is 6.92 Å².